The smallest absolute Gasteiger partial charge is 0.376 e. The van der Waals surface area contributed by atoms with E-state index in [1.54, 1.807) is 11.1 Å². The standard InChI is InChI=1S/C72H75BN2O/c1-68(2,3)48-25-27-59(52(36-48)46-21-9-8-10-22-46)74-61-35-47-23-11-12-24-51(47)63-56-39-50(72-31-15-19-45(43-72)20-16-32-72)38-54-53-37-49(71-29-13-17-44(42-71)18-14-30-71)26-28-60(53)75(65(54)56)73(64(61)63)67-66(74)55-40-57-58(41-62(55)76-67)70(6,7)34-33-69(57,4)5/h8-12,21-28,35-41,44-45H,13-20,29-34,42-43H2,1-7H3. The third kappa shape index (κ3) is 6.42. The van der Waals surface area contributed by atoms with Gasteiger partial charge in [0.25, 0.3) is 0 Å². The number of aromatic nitrogens is 1. The Kier molecular flexibility index (Phi) is 9.61. The van der Waals surface area contributed by atoms with E-state index < -0.39 is 0 Å². The number of rotatable bonds is 4. The van der Waals surface area contributed by atoms with Gasteiger partial charge in [-0.1, -0.05) is 167 Å². The summed E-state index contributed by atoms with van der Waals surface area (Å²) in [7, 11) is 0. The van der Waals surface area contributed by atoms with Crippen LogP contribution in [0, 0.1) is 11.8 Å². The molecule has 4 heterocycles. The Morgan fingerprint density at radius 1 is 0.553 bits per heavy atom. The Bertz CT molecular complexity index is 3910. The molecule has 5 aliphatic carbocycles. The van der Waals surface area contributed by atoms with Crippen molar-refractivity contribution in [3.8, 4) is 22.3 Å². The van der Waals surface area contributed by atoms with Crippen LogP contribution < -0.4 is 16.0 Å². The van der Waals surface area contributed by atoms with Crippen molar-refractivity contribution in [3.05, 3.63) is 149 Å². The SMILES string of the molecule is CC(C)(C)c1ccc(N2c3cc4ccccc4c4c3B(c3oc5cc6c(cc5c32)C(C)(C)CCC6(C)C)n2c3ccc(C56CCCC(CCC5)C6)cc3c3cc(C56CCCC(CCC5)C6)cc-4c32)c(-c2ccccc2)c1. The molecule has 0 amide bonds. The summed E-state index contributed by atoms with van der Waals surface area (Å²) in [4.78, 5) is 2.70. The number of anilines is 3. The van der Waals surface area contributed by atoms with Gasteiger partial charge in [0.05, 0.1) is 11.4 Å². The second-order valence-corrected chi connectivity index (χ2v) is 28.3. The van der Waals surface area contributed by atoms with E-state index in [0.29, 0.717) is 0 Å². The summed E-state index contributed by atoms with van der Waals surface area (Å²) in [6.07, 6.45) is 21.3. The summed E-state index contributed by atoms with van der Waals surface area (Å²) in [5.74, 6) is 1.71. The lowest BCUT2D eigenvalue weighted by molar-refractivity contribution is 0.149. The molecule has 4 bridgehead atoms. The van der Waals surface area contributed by atoms with Gasteiger partial charge in [-0.25, -0.2) is 0 Å². The maximum Gasteiger partial charge on any atom is 0.376 e. The zero-order valence-corrected chi connectivity index (χ0v) is 46.4. The molecule has 0 radical (unpaired) electrons. The minimum absolute atomic E-state index is 0.0297. The molecule has 4 saturated carbocycles. The van der Waals surface area contributed by atoms with Gasteiger partial charge in [-0.05, 0) is 200 Å². The van der Waals surface area contributed by atoms with E-state index in [9.17, 15) is 0 Å². The minimum atomic E-state index is -0.177. The second kappa shape index (κ2) is 15.8. The molecule has 0 atom stereocenters. The minimum Gasteiger partial charge on any atom is -0.466 e. The molecule has 4 heteroatoms. The molecule has 0 unspecified atom stereocenters. The van der Waals surface area contributed by atoms with Gasteiger partial charge in [-0.3, -0.25) is 0 Å². The molecule has 4 fully saturated rings. The third-order valence-electron chi connectivity index (χ3n) is 22.0. The predicted molar refractivity (Wildman–Crippen MR) is 322 cm³/mol. The monoisotopic (exact) mass is 995 g/mol. The van der Waals surface area contributed by atoms with Gasteiger partial charge in [0.15, 0.2) is 0 Å². The van der Waals surface area contributed by atoms with Crippen LogP contribution in [0.5, 0.6) is 0 Å². The molecule has 0 saturated heterocycles. The summed E-state index contributed by atoms with van der Waals surface area (Å²) >= 11 is 0. The number of fused-ring (bicyclic) bond motifs is 16. The van der Waals surface area contributed by atoms with Gasteiger partial charge in [0, 0.05) is 44.0 Å². The van der Waals surface area contributed by atoms with Gasteiger partial charge >= 0.3 is 6.85 Å². The van der Waals surface area contributed by atoms with Gasteiger partial charge < -0.3 is 13.8 Å². The van der Waals surface area contributed by atoms with E-state index in [-0.39, 0.29) is 33.9 Å². The lowest BCUT2D eigenvalue weighted by atomic mass is 9.47. The molecule has 0 N–H and O–H groups in total. The van der Waals surface area contributed by atoms with Crippen LogP contribution in [0.3, 0.4) is 0 Å². The molecule has 16 rings (SSSR count). The predicted octanol–water partition coefficient (Wildman–Crippen LogP) is 18.6. The van der Waals surface area contributed by atoms with Crippen LogP contribution in [0.2, 0.25) is 0 Å². The highest BCUT2D eigenvalue weighted by molar-refractivity contribution is 6.90. The summed E-state index contributed by atoms with van der Waals surface area (Å²) in [6, 6.07) is 49.2. The number of benzene rings is 7. The Morgan fingerprint density at radius 2 is 1.20 bits per heavy atom. The molecule has 382 valence electrons. The number of hydrogen-bond donors (Lipinski definition) is 0. The molecule has 0 spiro atoms. The van der Waals surface area contributed by atoms with E-state index >= 15 is 0 Å². The first kappa shape index (κ1) is 46.1. The fourth-order valence-electron chi connectivity index (χ4n) is 17.9. The van der Waals surface area contributed by atoms with E-state index in [4.69, 9.17) is 4.42 Å². The van der Waals surface area contributed by atoms with E-state index in [2.05, 4.69) is 179 Å². The van der Waals surface area contributed by atoms with Gasteiger partial charge in [0.2, 0.25) is 0 Å². The van der Waals surface area contributed by atoms with Crippen LogP contribution >= 0.6 is 0 Å². The molecule has 2 aromatic heterocycles. The second-order valence-electron chi connectivity index (χ2n) is 28.3. The van der Waals surface area contributed by atoms with Gasteiger partial charge in [-0.15, -0.1) is 0 Å². The van der Waals surface area contributed by atoms with Crippen molar-refractivity contribution in [2.45, 2.75) is 178 Å². The molecule has 7 aromatic carbocycles. The first-order valence-electron chi connectivity index (χ1n) is 30.0. The van der Waals surface area contributed by atoms with Crippen LogP contribution in [0.4, 0.5) is 17.1 Å². The van der Waals surface area contributed by atoms with Crippen LogP contribution in [-0.4, -0.2) is 11.3 Å². The first-order chi connectivity index (χ1) is 36.7. The van der Waals surface area contributed by atoms with E-state index in [1.165, 1.54) is 189 Å². The maximum absolute atomic E-state index is 7.90. The topological polar surface area (TPSA) is 21.3 Å². The molecule has 9 aromatic rings. The zero-order chi connectivity index (χ0) is 51.3. The summed E-state index contributed by atoms with van der Waals surface area (Å²) in [5, 5.41) is 6.80. The Hall–Kier alpha value is -6.00. The third-order valence-corrected chi connectivity index (χ3v) is 22.0. The van der Waals surface area contributed by atoms with Crippen LogP contribution in [0.15, 0.2) is 126 Å². The number of hydrogen-bond acceptors (Lipinski definition) is 2. The van der Waals surface area contributed by atoms with Gasteiger partial charge in [0.1, 0.15) is 11.2 Å². The molecular formula is C72H75BN2O. The first-order valence-corrected chi connectivity index (χ1v) is 30.0. The van der Waals surface area contributed by atoms with Crippen LogP contribution in [-0.2, 0) is 27.1 Å². The van der Waals surface area contributed by atoms with Gasteiger partial charge in [-0.2, -0.15) is 0 Å². The normalized spacial score (nSPS) is 25.0. The van der Waals surface area contributed by atoms with Crippen molar-refractivity contribution in [1.82, 2.24) is 4.48 Å². The van der Waals surface area contributed by atoms with Crippen molar-refractivity contribution < 1.29 is 4.42 Å². The number of furan rings is 1. The zero-order valence-electron chi connectivity index (χ0n) is 46.4. The largest absolute Gasteiger partial charge is 0.466 e. The highest BCUT2D eigenvalue weighted by Crippen LogP contribution is 2.58. The summed E-state index contributed by atoms with van der Waals surface area (Å²) in [6.45, 7) is 16.8. The molecule has 76 heavy (non-hydrogen) atoms. The molecule has 7 aliphatic rings. The lowest BCUT2D eigenvalue weighted by Crippen LogP contribution is -2.56. The lowest BCUT2D eigenvalue weighted by Gasteiger charge is -2.46. The number of nitrogens with zero attached hydrogens (tertiary/aromatic N) is 2. The highest BCUT2D eigenvalue weighted by Gasteiger charge is 2.50. The molecular weight excluding hydrogens is 920 g/mol. The Morgan fingerprint density at radius 3 is 1.89 bits per heavy atom. The Labute approximate surface area is 451 Å². The average Bonchev–Trinajstić information content (AvgIpc) is 4.17. The quantitative estimate of drug-likeness (QED) is 0.164. The average molecular weight is 995 g/mol. The molecule has 3 nitrogen and oxygen atoms in total. The van der Waals surface area contributed by atoms with Crippen molar-refractivity contribution in [1.29, 1.82) is 0 Å². The summed E-state index contributed by atoms with van der Waals surface area (Å²) < 4.78 is 10.7. The molecule has 2 aliphatic heterocycles. The fraction of sp³-hybridized carbons (Fsp3) is 0.417. The van der Waals surface area contributed by atoms with Crippen molar-refractivity contribution >= 4 is 78.6 Å². The van der Waals surface area contributed by atoms with Crippen LogP contribution in [0.1, 0.15) is 179 Å². The summed E-state index contributed by atoms with van der Waals surface area (Å²) in [5.41, 5.74) is 23.2. The highest BCUT2D eigenvalue weighted by atomic mass is 16.3. The van der Waals surface area contributed by atoms with E-state index in [1.807, 2.05) is 0 Å². The van der Waals surface area contributed by atoms with E-state index in [0.717, 1.165) is 35.9 Å². The van der Waals surface area contributed by atoms with Crippen molar-refractivity contribution in [2.24, 2.45) is 11.8 Å². The Balaban J connectivity index is 1.06. The fourth-order valence-corrected chi connectivity index (χ4v) is 17.9. The van der Waals surface area contributed by atoms with Crippen LogP contribution in [0.25, 0.3) is 65.8 Å². The van der Waals surface area contributed by atoms with Crippen molar-refractivity contribution in [3.63, 3.8) is 0 Å². The maximum atomic E-state index is 7.90. The van der Waals surface area contributed by atoms with Crippen molar-refractivity contribution in [2.75, 3.05) is 4.90 Å².